The summed E-state index contributed by atoms with van der Waals surface area (Å²) in [4.78, 5) is 20.9. The van der Waals surface area contributed by atoms with Crippen LogP contribution in [0.1, 0.15) is 15.9 Å². The number of nitrogens with zero attached hydrogens (tertiary/aromatic N) is 2. The Hall–Kier alpha value is -4.59. The number of para-hydroxylation sites is 1. The molecule has 4 rings (SSSR count). The minimum atomic E-state index is -0.162. The van der Waals surface area contributed by atoms with E-state index >= 15 is 0 Å². The summed E-state index contributed by atoms with van der Waals surface area (Å²) in [5, 5.41) is 6.28. The lowest BCUT2D eigenvalue weighted by molar-refractivity contribution is 0.102. The van der Waals surface area contributed by atoms with Crippen LogP contribution in [0.3, 0.4) is 0 Å². The van der Waals surface area contributed by atoms with Gasteiger partial charge < -0.3 is 24.8 Å². The molecule has 0 aliphatic heterocycles. The molecule has 0 bridgehead atoms. The van der Waals surface area contributed by atoms with E-state index in [0.717, 1.165) is 11.3 Å². The van der Waals surface area contributed by atoms with Gasteiger partial charge in [0.05, 0.1) is 20.3 Å². The van der Waals surface area contributed by atoms with Gasteiger partial charge in [0.1, 0.15) is 5.75 Å². The quantitative estimate of drug-likeness (QED) is 0.360. The van der Waals surface area contributed by atoms with Crippen LogP contribution in [0.2, 0.25) is 0 Å². The average molecular weight is 457 g/mol. The number of amides is 1. The Balaban J connectivity index is 1.45. The molecule has 1 aromatic heterocycles. The molecule has 3 aromatic carbocycles. The molecule has 2 N–H and O–H groups in total. The number of nitrogens with one attached hydrogen (secondary N) is 2. The van der Waals surface area contributed by atoms with Crippen LogP contribution >= 0.6 is 0 Å². The molecule has 1 amide bonds. The number of methoxy groups -OCH3 is 2. The van der Waals surface area contributed by atoms with Gasteiger partial charge in [-0.1, -0.05) is 42.5 Å². The number of hydrogen-bond donors (Lipinski definition) is 2. The molecular weight excluding hydrogens is 432 g/mol. The van der Waals surface area contributed by atoms with E-state index in [2.05, 4.69) is 20.6 Å². The van der Waals surface area contributed by atoms with Crippen molar-refractivity contribution in [2.45, 2.75) is 6.54 Å². The lowest BCUT2D eigenvalue weighted by atomic mass is 10.2. The van der Waals surface area contributed by atoms with Gasteiger partial charge in [-0.25, -0.2) is 0 Å². The van der Waals surface area contributed by atoms with Crippen molar-refractivity contribution in [3.8, 4) is 23.5 Å². The smallest absolute Gasteiger partial charge is 0.328 e. The number of benzene rings is 3. The molecular formula is C26H24N4O4. The standard InChI is InChI=1S/C26H24N4O4/c1-32-23-16-24(33-2)30-26(29-23)34-22-14-7-6-11-19(22)17-27-20-12-8-13-21(15-20)28-25(31)18-9-4-3-5-10-18/h3-16,27H,17H2,1-2H3,(H,28,31). The van der Waals surface area contributed by atoms with Crippen molar-refractivity contribution in [1.29, 1.82) is 0 Å². The first-order valence-corrected chi connectivity index (χ1v) is 10.6. The molecule has 0 radical (unpaired) electrons. The fraction of sp³-hybridized carbons (Fsp3) is 0.115. The fourth-order valence-corrected chi connectivity index (χ4v) is 3.18. The summed E-state index contributed by atoms with van der Waals surface area (Å²) < 4.78 is 16.3. The molecule has 0 atom stereocenters. The molecule has 0 aliphatic carbocycles. The monoisotopic (exact) mass is 456 g/mol. The molecule has 1 heterocycles. The highest BCUT2D eigenvalue weighted by Gasteiger charge is 2.11. The normalized spacial score (nSPS) is 10.3. The van der Waals surface area contributed by atoms with Crippen LogP contribution in [0, 0.1) is 0 Å². The maximum atomic E-state index is 12.4. The van der Waals surface area contributed by atoms with Gasteiger partial charge in [0, 0.05) is 29.0 Å². The van der Waals surface area contributed by atoms with E-state index < -0.39 is 0 Å². The van der Waals surface area contributed by atoms with E-state index in [1.807, 2.05) is 66.7 Å². The van der Waals surface area contributed by atoms with Gasteiger partial charge >= 0.3 is 6.01 Å². The molecule has 0 saturated carbocycles. The van der Waals surface area contributed by atoms with Gasteiger partial charge in [0.15, 0.2) is 0 Å². The number of aromatic nitrogens is 2. The molecule has 0 saturated heterocycles. The third kappa shape index (κ3) is 5.80. The average Bonchev–Trinajstić information content (AvgIpc) is 2.88. The van der Waals surface area contributed by atoms with E-state index in [9.17, 15) is 4.79 Å². The van der Waals surface area contributed by atoms with E-state index in [0.29, 0.717) is 35.3 Å². The zero-order valence-corrected chi connectivity index (χ0v) is 18.8. The van der Waals surface area contributed by atoms with Crippen molar-refractivity contribution in [3.63, 3.8) is 0 Å². The molecule has 0 aliphatic rings. The summed E-state index contributed by atoms with van der Waals surface area (Å²) in [5.41, 5.74) is 3.04. The van der Waals surface area contributed by atoms with Gasteiger partial charge in [0.2, 0.25) is 11.8 Å². The number of rotatable bonds is 9. The van der Waals surface area contributed by atoms with Crippen LogP contribution in [0.5, 0.6) is 23.5 Å². The molecule has 172 valence electrons. The Bertz CT molecular complexity index is 1240. The first kappa shape index (κ1) is 22.6. The van der Waals surface area contributed by atoms with Crippen molar-refractivity contribution < 1.29 is 19.0 Å². The van der Waals surface area contributed by atoms with Gasteiger partial charge in [-0.3, -0.25) is 4.79 Å². The Morgan fingerprint density at radius 2 is 1.47 bits per heavy atom. The summed E-state index contributed by atoms with van der Waals surface area (Å²) in [6.45, 7) is 0.480. The molecule has 0 fully saturated rings. The number of carbonyl (C=O) groups is 1. The predicted molar refractivity (Wildman–Crippen MR) is 130 cm³/mol. The van der Waals surface area contributed by atoms with Gasteiger partial charge in [0.25, 0.3) is 5.91 Å². The number of hydrogen-bond acceptors (Lipinski definition) is 7. The van der Waals surface area contributed by atoms with Crippen LogP contribution in [-0.4, -0.2) is 30.1 Å². The third-order valence-corrected chi connectivity index (χ3v) is 4.89. The minimum Gasteiger partial charge on any atom is -0.481 e. The second kappa shape index (κ2) is 10.8. The third-order valence-electron chi connectivity index (χ3n) is 4.89. The van der Waals surface area contributed by atoms with Gasteiger partial charge in [-0.2, -0.15) is 9.97 Å². The zero-order chi connectivity index (χ0) is 23.8. The first-order chi connectivity index (χ1) is 16.6. The Morgan fingerprint density at radius 1 is 0.794 bits per heavy atom. The Kier molecular flexibility index (Phi) is 7.19. The van der Waals surface area contributed by atoms with Crippen LogP contribution in [0.4, 0.5) is 11.4 Å². The Morgan fingerprint density at radius 3 is 2.21 bits per heavy atom. The minimum absolute atomic E-state index is 0.120. The summed E-state index contributed by atoms with van der Waals surface area (Å²) in [6, 6.07) is 25.9. The largest absolute Gasteiger partial charge is 0.481 e. The highest BCUT2D eigenvalue weighted by molar-refractivity contribution is 6.04. The summed E-state index contributed by atoms with van der Waals surface area (Å²) in [7, 11) is 3.03. The van der Waals surface area contributed by atoms with E-state index in [4.69, 9.17) is 14.2 Å². The highest BCUT2D eigenvalue weighted by atomic mass is 16.5. The molecule has 8 nitrogen and oxygen atoms in total. The van der Waals surface area contributed by atoms with Crippen LogP contribution in [-0.2, 0) is 6.54 Å². The molecule has 0 unspecified atom stereocenters. The second-order valence-electron chi connectivity index (χ2n) is 7.20. The topological polar surface area (TPSA) is 94.6 Å². The van der Waals surface area contributed by atoms with Gasteiger partial charge in [-0.05, 0) is 36.4 Å². The van der Waals surface area contributed by atoms with Crippen molar-refractivity contribution in [2.24, 2.45) is 0 Å². The maximum absolute atomic E-state index is 12.4. The highest BCUT2D eigenvalue weighted by Crippen LogP contribution is 2.27. The fourth-order valence-electron chi connectivity index (χ4n) is 3.18. The summed E-state index contributed by atoms with van der Waals surface area (Å²) in [6.07, 6.45) is 0. The van der Waals surface area contributed by atoms with Crippen LogP contribution < -0.4 is 24.8 Å². The molecule has 8 heteroatoms. The first-order valence-electron chi connectivity index (χ1n) is 10.6. The number of ether oxygens (including phenoxy) is 3. The van der Waals surface area contributed by atoms with E-state index in [1.54, 1.807) is 18.2 Å². The summed E-state index contributed by atoms with van der Waals surface area (Å²) in [5.74, 6) is 1.11. The SMILES string of the molecule is COc1cc(OC)nc(Oc2ccccc2CNc2cccc(NC(=O)c3ccccc3)c2)n1. The maximum Gasteiger partial charge on any atom is 0.328 e. The zero-order valence-electron chi connectivity index (χ0n) is 18.8. The summed E-state index contributed by atoms with van der Waals surface area (Å²) >= 11 is 0. The Labute approximate surface area is 197 Å². The number of anilines is 2. The molecule has 34 heavy (non-hydrogen) atoms. The van der Waals surface area contributed by atoms with Crippen LogP contribution in [0.15, 0.2) is 84.9 Å². The van der Waals surface area contributed by atoms with Crippen molar-refractivity contribution in [3.05, 3.63) is 96.1 Å². The number of carbonyl (C=O) groups excluding carboxylic acids is 1. The lowest BCUT2D eigenvalue weighted by Crippen LogP contribution is -2.11. The van der Waals surface area contributed by atoms with Crippen LogP contribution in [0.25, 0.3) is 0 Å². The predicted octanol–water partition coefficient (Wildman–Crippen LogP) is 5.15. The molecule has 4 aromatic rings. The lowest BCUT2D eigenvalue weighted by Gasteiger charge is -2.13. The second-order valence-corrected chi connectivity index (χ2v) is 7.20. The molecule has 0 spiro atoms. The van der Waals surface area contributed by atoms with Gasteiger partial charge in [-0.15, -0.1) is 0 Å². The van der Waals surface area contributed by atoms with E-state index in [1.165, 1.54) is 14.2 Å². The van der Waals surface area contributed by atoms with Crippen molar-refractivity contribution in [2.75, 3.05) is 24.9 Å². The van der Waals surface area contributed by atoms with Crippen molar-refractivity contribution >= 4 is 17.3 Å². The van der Waals surface area contributed by atoms with E-state index in [-0.39, 0.29) is 11.9 Å². The van der Waals surface area contributed by atoms with Crippen molar-refractivity contribution in [1.82, 2.24) is 9.97 Å².